The van der Waals surface area contributed by atoms with E-state index in [4.69, 9.17) is 17.3 Å². The molecule has 19 heavy (non-hydrogen) atoms. The Bertz CT molecular complexity index is 455. The maximum absolute atomic E-state index is 12.3. The first-order valence-electron chi connectivity index (χ1n) is 6.88. The summed E-state index contributed by atoms with van der Waals surface area (Å²) < 4.78 is 0. The van der Waals surface area contributed by atoms with Gasteiger partial charge in [-0.05, 0) is 37.0 Å². The molecule has 0 aliphatic heterocycles. The van der Waals surface area contributed by atoms with Crippen molar-refractivity contribution in [3.05, 3.63) is 28.8 Å². The van der Waals surface area contributed by atoms with E-state index in [1.807, 2.05) is 7.05 Å². The van der Waals surface area contributed by atoms with Gasteiger partial charge in [-0.1, -0.05) is 30.9 Å². The Kier molecular flexibility index (Phi) is 4.70. The number of nitrogen functional groups attached to an aromatic ring is 1. The normalized spacial score (nSPS) is 16.3. The lowest BCUT2D eigenvalue weighted by molar-refractivity contribution is 0.0760. The number of nitrogens with two attached hydrogens (primary N) is 1. The first-order valence-corrected chi connectivity index (χ1v) is 7.26. The van der Waals surface area contributed by atoms with Gasteiger partial charge in [-0.2, -0.15) is 0 Å². The molecule has 4 heteroatoms. The molecular formula is C15H21ClN2O. The van der Waals surface area contributed by atoms with Crippen LogP contribution in [0.3, 0.4) is 0 Å². The molecule has 1 saturated carbocycles. The maximum Gasteiger partial charge on any atom is 0.253 e. The largest absolute Gasteiger partial charge is 0.398 e. The highest BCUT2D eigenvalue weighted by Gasteiger charge is 2.19. The molecule has 0 radical (unpaired) electrons. The molecule has 0 bridgehead atoms. The van der Waals surface area contributed by atoms with E-state index in [0.29, 0.717) is 22.2 Å². The highest BCUT2D eigenvalue weighted by molar-refractivity contribution is 6.33. The van der Waals surface area contributed by atoms with Crippen LogP contribution in [0.1, 0.15) is 42.5 Å². The van der Waals surface area contributed by atoms with E-state index in [2.05, 4.69) is 0 Å². The smallest absolute Gasteiger partial charge is 0.253 e. The number of anilines is 1. The summed E-state index contributed by atoms with van der Waals surface area (Å²) in [6.07, 6.45) is 6.39. The summed E-state index contributed by atoms with van der Waals surface area (Å²) in [5.74, 6) is 0.666. The van der Waals surface area contributed by atoms with Crippen LogP contribution in [0, 0.1) is 5.92 Å². The van der Waals surface area contributed by atoms with E-state index in [9.17, 15) is 4.79 Å². The molecule has 0 aromatic heterocycles. The van der Waals surface area contributed by atoms with Crippen LogP contribution in [0.25, 0.3) is 0 Å². The SMILES string of the molecule is CN(CC1CCCCC1)C(=O)c1ccc(N)c(Cl)c1. The van der Waals surface area contributed by atoms with E-state index in [0.717, 1.165) is 6.54 Å². The fourth-order valence-electron chi connectivity index (χ4n) is 2.72. The third-order valence-corrected chi connectivity index (χ3v) is 4.18. The predicted molar refractivity (Wildman–Crippen MR) is 79.4 cm³/mol. The minimum atomic E-state index is 0.0208. The van der Waals surface area contributed by atoms with Crippen LogP contribution in [0.15, 0.2) is 18.2 Å². The average Bonchev–Trinajstić information content (AvgIpc) is 2.42. The second-order valence-electron chi connectivity index (χ2n) is 5.43. The van der Waals surface area contributed by atoms with Gasteiger partial charge in [0.15, 0.2) is 0 Å². The lowest BCUT2D eigenvalue weighted by Crippen LogP contribution is -2.32. The molecule has 0 atom stereocenters. The summed E-state index contributed by atoms with van der Waals surface area (Å²) in [4.78, 5) is 14.1. The molecule has 2 N–H and O–H groups in total. The van der Waals surface area contributed by atoms with Crippen LogP contribution in [0.2, 0.25) is 5.02 Å². The Balaban J connectivity index is 1.99. The van der Waals surface area contributed by atoms with Gasteiger partial charge in [0.2, 0.25) is 0 Å². The van der Waals surface area contributed by atoms with E-state index in [1.165, 1.54) is 32.1 Å². The van der Waals surface area contributed by atoms with Crippen molar-refractivity contribution >= 4 is 23.2 Å². The molecule has 0 heterocycles. The third-order valence-electron chi connectivity index (χ3n) is 3.85. The Morgan fingerprint density at radius 3 is 2.68 bits per heavy atom. The van der Waals surface area contributed by atoms with Crippen LogP contribution in [0.4, 0.5) is 5.69 Å². The number of hydrogen-bond acceptors (Lipinski definition) is 2. The Morgan fingerprint density at radius 2 is 2.05 bits per heavy atom. The Morgan fingerprint density at radius 1 is 1.37 bits per heavy atom. The second kappa shape index (κ2) is 6.29. The fraction of sp³-hybridized carbons (Fsp3) is 0.533. The number of hydrogen-bond donors (Lipinski definition) is 1. The molecule has 0 spiro atoms. The van der Waals surface area contributed by atoms with Gasteiger partial charge < -0.3 is 10.6 Å². The monoisotopic (exact) mass is 280 g/mol. The lowest BCUT2D eigenvalue weighted by Gasteiger charge is -2.27. The number of nitrogens with zero attached hydrogens (tertiary/aromatic N) is 1. The number of halogens is 1. The van der Waals surface area contributed by atoms with Crippen molar-refractivity contribution in [1.29, 1.82) is 0 Å². The van der Waals surface area contributed by atoms with Gasteiger partial charge in [-0.3, -0.25) is 4.79 Å². The molecule has 0 saturated heterocycles. The van der Waals surface area contributed by atoms with Crippen LogP contribution in [0.5, 0.6) is 0 Å². The van der Waals surface area contributed by atoms with Crippen molar-refractivity contribution in [2.75, 3.05) is 19.3 Å². The molecule has 1 amide bonds. The zero-order valence-electron chi connectivity index (χ0n) is 11.4. The molecule has 104 valence electrons. The quantitative estimate of drug-likeness (QED) is 0.860. The first-order chi connectivity index (χ1) is 9.08. The summed E-state index contributed by atoms with van der Waals surface area (Å²) >= 11 is 5.96. The predicted octanol–water partition coefficient (Wildman–Crippen LogP) is 3.57. The zero-order chi connectivity index (χ0) is 13.8. The minimum Gasteiger partial charge on any atom is -0.398 e. The molecule has 1 aromatic rings. The van der Waals surface area contributed by atoms with Crippen LogP contribution in [-0.2, 0) is 0 Å². The molecule has 1 aliphatic carbocycles. The first kappa shape index (κ1) is 14.2. The van der Waals surface area contributed by atoms with Gasteiger partial charge >= 0.3 is 0 Å². The van der Waals surface area contributed by atoms with E-state index in [1.54, 1.807) is 23.1 Å². The number of benzene rings is 1. The van der Waals surface area contributed by atoms with E-state index >= 15 is 0 Å². The topological polar surface area (TPSA) is 46.3 Å². The van der Waals surface area contributed by atoms with Gasteiger partial charge in [0.05, 0.1) is 10.7 Å². The van der Waals surface area contributed by atoms with Crippen molar-refractivity contribution in [2.45, 2.75) is 32.1 Å². The van der Waals surface area contributed by atoms with Crippen LogP contribution in [-0.4, -0.2) is 24.4 Å². The highest BCUT2D eigenvalue weighted by Crippen LogP contribution is 2.25. The van der Waals surface area contributed by atoms with E-state index in [-0.39, 0.29) is 5.91 Å². The summed E-state index contributed by atoms with van der Waals surface area (Å²) in [5.41, 5.74) is 6.77. The molecule has 1 fully saturated rings. The van der Waals surface area contributed by atoms with E-state index < -0.39 is 0 Å². The summed E-state index contributed by atoms with van der Waals surface area (Å²) in [5, 5.41) is 0.442. The molecule has 3 nitrogen and oxygen atoms in total. The van der Waals surface area contributed by atoms with Gasteiger partial charge in [-0.25, -0.2) is 0 Å². The third kappa shape index (κ3) is 3.63. The Labute approximate surface area is 119 Å². The number of amides is 1. The standard InChI is InChI=1S/C15H21ClN2O/c1-18(10-11-5-3-2-4-6-11)15(19)12-7-8-14(17)13(16)9-12/h7-9,11H,2-6,10,17H2,1H3. The average molecular weight is 281 g/mol. The lowest BCUT2D eigenvalue weighted by atomic mass is 9.89. The molecule has 2 rings (SSSR count). The number of carbonyl (C=O) groups excluding carboxylic acids is 1. The van der Waals surface area contributed by atoms with Gasteiger partial charge in [0.25, 0.3) is 5.91 Å². The highest BCUT2D eigenvalue weighted by atomic mass is 35.5. The summed E-state index contributed by atoms with van der Waals surface area (Å²) in [7, 11) is 1.86. The summed E-state index contributed by atoms with van der Waals surface area (Å²) in [6.45, 7) is 0.834. The van der Waals surface area contributed by atoms with Crippen LogP contribution >= 0.6 is 11.6 Å². The maximum atomic E-state index is 12.3. The van der Waals surface area contributed by atoms with Crippen molar-refractivity contribution in [1.82, 2.24) is 4.90 Å². The molecule has 1 aromatic carbocycles. The van der Waals surface area contributed by atoms with Gasteiger partial charge in [-0.15, -0.1) is 0 Å². The molecule has 1 aliphatic rings. The molecule has 0 unspecified atom stereocenters. The summed E-state index contributed by atoms with van der Waals surface area (Å²) in [6, 6.07) is 5.07. The Hall–Kier alpha value is -1.22. The zero-order valence-corrected chi connectivity index (χ0v) is 12.1. The second-order valence-corrected chi connectivity index (χ2v) is 5.83. The fourth-order valence-corrected chi connectivity index (χ4v) is 2.90. The van der Waals surface area contributed by atoms with Crippen molar-refractivity contribution in [3.8, 4) is 0 Å². The van der Waals surface area contributed by atoms with Crippen molar-refractivity contribution < 1.29 is 4.79 Å². The minimum absolute atomic E-state index is 0.0208. The molecular weight excluding hydrogens is 260 g/mol. The van der Waals surface area contributed by atoms with Crippen molar-refractivity contribution in [3.63, 3.8) is 0 Å². The van der Waals surface area contributed by atoms with Crippen molar-refractivity contribution in [2.24, 2.45) is 5.92 Å². The van der Waals surface area contributed by atoms with Gasteiger partial charge in [0.1, 0.15) is 0 Å². The van der Waals surface area contributed by atoms with Crippen LogP contribution < -0.4 is 5.73 Å². The number of carbonyl (C=O) groups is 1. The van der Waals surface area contributed by atoms with Gasteiger partial charge in [0, 0.05) is 19.2 Å². The number of rotatable bonds is 3.